The van der Waals surface area contributed by atoms with Gasteiger partial charge >= 0.3 is 0 Å². The Balaban J connectivity index is 2.50. The van der Waals surface area contributed by atoms with Gasteiger partial charge in [0.05, 0.1) is 19.6 Å². The van der Waals surface area contributed by atoms with E-state index in [0.29, 0.717) is 17.1 Å². The summed E-state index contributed by atoms with van der Waals surface area (Å²) in [5.74, 6) is 0.627. The molecule has 18 heavy (non-hydrogen) atoms. The topological polar surface area (TPSA) is 64.6 Å². The summed E-state index contributed by atoms with van der Waals surface area (Å²) in [5.41, 5.74) is -0.191. The molecule has 5 nitrogen and oxygen atoms in total. The molecule has 2 amide bonds. The molecule has 96 valence electrons. The van der Waals surface area contributed by atoms with Crippen LogP contribution in [0.3, 0.4) is 0 Å². The van der Waals surface area contributed by atoms with Gasteiger partial charge in [0, 0.05) is 18.1 Å². The van der Waals surface area contributed by atoms with E-state index in [1.807, 2.05) is 0 Å². The van der Waals surface area contributed by atoms with Crippen LogP contribution in [0, 0.1) is 0 Å². The molecule has 0 radical (unpaired) electrons. The van der Waals surface area contributed by atoms with Crippen molar-refractivity contribution in [1.29, 1.82) is 0 Å². The van der Waals surface area contributed by atoms with E-state index in [0.717, 1.165) is 0 Å². The highest BCUT2D eigenvalue weighted by molar-refractivity contribution is 6.09. The fraction of sp³-hybridized carbons (Fsp3) is 0.385. The van der Waals surface area contributed by atoms with Gasteiger partial charge in [0.25, 0.3) is 0 Å². The third-order valence-corrected chi connectivity index (χ3v) is 3.27. The Kier molecular flexibility index (Phi) is 2.98. The van der Waals surface area contributed by atoms with Crippen molar-refractivity contribution in [3.63, 3.8) is 0 Å². The molecule has 1 atom stereocenters. The van der Waals surface area contributed by atoms with Crippen LogP contribution in [0.15, 0.2) is 18.2 Å². The van der Waals surface area contributed by atoms with E-state index >= 15 is 0 Å². The molecule has 2 rings (SSSR count). The monoisotopic (exact) mass is 249 g/mol. The first-order valence-corrected chi connectivity index (χ1v) is 5.58. The van der Waals surface area contributed by atoms with Gasteiger partial charge in [0.1, 0.15) is 11.5 Å². The van der Waals surface area contributed by atoms with E-state index in [1.54, 1.807) is 32.2 Å². The van der Waals surface area contributed by atoms with Gasteiger partial charge in [0.2, 0.25) is 11.8 Å². The Labute approximate surface area is 105 Å². The van der Waals surface area contributed by atoms with E-state index in [1.165, 1.54) is 7.11 Å². The molecule has 1 aliphatic heterocycles. The van der Waals surface area contributed by atoms with E-state index in [2.05, 4.69) is 5.32 Å². The maximum absolute atomic E-state index is 11.9. The van der Waals surface area contributed by atoms with Crippen LogP contribution >= 0.6 is 0 Å². The number of carbonyl (C=O) groups excluding carboxylic acids is 2. The lowest BCUT2D eigenvalue weighted by Gasteiger charge is -2.23. The number of hydrogen-bond donors (Lipinski definition) is 1. The summed E-state index contributed by atoms with van der Waals surface area (Å²) in [6.45, 7) is 1.73. The number of methoxy groups -OCH3 is 2. The van der Waals surface area contributed by atoms with Crippen molar-refractivity contribution >= 4 is 11.8 Å². The number of amides is 2. The van der Waals surface area contributed by atoms with Crippen molar-refractivity contribution in [2.75, 3.05) is 14.2 Å². The van der Waals surface area contributed by atoms with E-state index in [9.17, 15) is 9.59 Å². The second-order valence-electron chi connectivity index (χ2n) is 4.45. The van der Waals surface area contributed by atoms with E-state index in [4.69, 9.17) is 9.47 Å². The largest absolute Gasteiger partial charge is 0.497 e. The highest BCUT2D eigenvalue weighted by atomic mass is 16.5. The average Bonchev–Trinajstić information content (AvgIpc) is 2.63. The third-order valence-electron chi connectivity index (χ3n) is 3.27. The first-order valence-electron chi connectivity index (χ1n) is 5.58. The van der Waals surface area contributed by atoms with Crippen molar-refractivity contribution in [2.45, 2.75) is 18.8 Å². The standard InChI is InChI=1S/C13H15NO4/c1-13(7-11(15)14-12(13)16)9-5-4-8(17-2)6-10(9)18-3/h4-6H,7H2,1-3H3,(H,14,15,16). The minimum atomic E-state index is -0.880. The van der Waals surface area contributed by atoms with E-state index < -0.39 is 5.41 Å². The van der Waals surface area contributed by atoms with Gasteiger partial charge in [-0.3, -0.25) is 14.9 Å². The maximum atomic E-state index is 11.9. The smallest absolute Gasteiger partial charge is 0.237 e. The first-order chi connectivity index (χ1) is 8.51. The molecular formula is C13H15NO4. The summed E-state index contributed by atoms with van der Waals surface area (Å²) in [4.78, 5) is 23.3. The molecule has 1 saturated heterocycles. The van der Waals surface area contributed by atoms with Crippen molar-refractivity contribution in [3.05, 3.63) is 23.8 Å². The van der Waals surface area contributed by atoms with Crippen LogP contribution in [0.2, 0.25) is 0 Å². The molecule has 0 aromatic heterocycles. The first kappa shape index (κ1) is 12.4. The van der Waals surface area contributed by atoms with Crippen LogP contribution in [0.25, 0.3) is 0 Å². The van der Waals surface area contributed by atoms with Gasteiger partial charge in [-0.2, -0.15) is 0 Å². The summed E-state index contributed by atoms with van der Waals surface area (Å²) in [7, 11) is 3.08. The van der Waals surface area contributed by atoms with Crippen LogP contribution in [0.4, 0.5) is 0 Å². The number of imide groups is 1. The highest BCUT2D eigenvalue weighted by Crippen LogP contribution is 2.39. The van der Waals surface area contributed by atoms with Gasteiger partial charge < -0.3 is 9.47 Å². The number of nitrogens with one attached hydrogen (secondary N) is 1. The quantitative estimate of drug-likeness (QED) is 0.812. The fourth-order valence-corrected chi connectivity index (χ4v) is 2.18. The number of hydrogen-bond acceptors (Lipinski definition) is 4. The molecule has 1 N–H and O–H groups in total. The van der Waals surface area contributed by atoms with Gasteiger partial charge in [-0.1, -0.05) is 6.07 Å². The van der Waals surface area contributed by atoms with Crippen LogP contribution in [-0.2, 0) is 15.0 Å². The normalized spacial score (nSPS) is 22.8. The minimum Gasteiger partial charge on any atom is -0.497 e. The summed E-state index contributed by atoms with van der Waals surface area (Å²) in [5, 5.41) is 2.32. The van der Waals surface area contributed by atoms with Crippen molar-refractivity contribution in [3.8, 4) is 11.5 Å². The zero-order chi connectivity index (χ0) is 13.3. The lowest BCUT2D eigenvalue weighted by molar-refractivity contribution is -0.126. The minimum absolute atomic E-state index is 0.133. The summed E-state index contributed by atoms with van der Waals surface area (Å²) in [6, 6.07) is 5.21. The average molecular weight is 249 g/mol. The second kappa shape index (κ2) is 4.33. The molecule has 0 saturated carbocycles. The van der Waals surface area contributed by atoms with Crippen LogP contribution in [-0.4, -0.2) is 26.0 Å². The molecule has 1 aromatic carbocycles. The number of ether oxygens (including phenoxy) is 2. The van der Waals surface area contributed by atoms with Crippen LogP contribution < -0.4 is 14.8 Å². The molecule has 1 unspecified atom stereocenters. The SMILES string of the molecule is COc1ccc(C2(C)CC(=O)NC2=O)c(OC)c1. The Morgan fingerprint density at radius 3 is 2.44 bits per heavy atom. The molecule has 1 aromatic rings. The zero-order valence-electron chi connectivity index (χ0n) is 10.6. The summed E-state index contributed by atoms with van der Waals surface area (Å²) >= 11 is 0. The van der Waals surface area contributed by atoms with Gasteiger partial charge in [-0.25, -0.2) is 0 Å². The van der Waals surface area contributed by atoms with E-state index in [-0.39, 0.29) is 18.2 Å². The molecule has 0 spiro atoms. The maximum Gasteiger partial charge on any atom is 0.237 e. The molecule has 1 aliphatic rings. The highest BCUT2D eigenvalue weighted by Gasteiger charge is 2.45. The zero-order valence-corrected chi connectivity index (χ0v) is 10.6. The van der Waals surface area contributed by atoms with Crippen LogP contribution in [0.5, 0.6) is 11.5 Å². The third kappa shape index (κ3) is 1.81. The molecule has 0 bridgehead atoms. The molecule has 1 fully saturated rings. The molecule has 5 heteroatoms. The van der Waals surface area contributed by atoms with Crippen LogP contribution in [0.1, 0.15) is 18.9 Å². The summed E-state index contributed by atoms with van der Waals surface area (Å²) in [6.07, 6.45) is 0.133. The number of benzene rings is 1. The molecule has 0 aliphatic carbocycles. The predicted molar refractivity (Wildman–Crippen MR) is 64.7 cm³/mol. The van der Waals surface area contributed by atoms with Gasteiger partial charge in [-0.15, -0.1) is 0 Å². The molecule has 1 heterocycles. The lowest BCUT2D eigenvalue weighted by Crippen LogP contribution is -2.33. The Morgan fingerprint density at radius 2 is 1.94 bits per heavy atom. The Morgan fingerprint density at radius 1 is 1.22 bits per heavy atom. The summed E-state index contributed by atoms with van der Waals surface area (Å²) < 4.78 is 10.4. The Hall–Kier alpha value is -2.04. The van der Waals surface area contributed by atoms with Crippen molar-refractivity contribution < 1.29 is 19.1 Å². The van der Waals surface area contributed by atoms with Gasteiger partial charge in [0.15, 0.2) is 0 Å². The Bertz CT molecular complexity index is 512. The van der Waals surface area contributed by atoms with Gasteiger partial charge in [-0.05, 0) is 13.0 Å². The number of carbonyl (C=O) groups is 2. The second-order valence-corrected chi connectivity index (χ2v) is 4.45. The fourth-order valence-electron chi connectivity index (χ4n) is 2.18. The van der Waals surface area contributed by atoms with Crippen molar-refractivity contribution in [2.24, 2.45) is 0 Å². The molecular weight excluding hydrogens is 234 g/mol. The van der Waals surface area contributed by atoms with Crippen molar-refractivity contribution in [1.82, 2.24) is 5.32 Å². The number of rotatable bonds is 3. The predicted octanol–water partition coefficient (Wildman–Crippen LogP) is 1.01. The lowest BCUT2D eigenvalue weighted by atomic mass is 9.80.